The second kappa shape index (κ2) is 9.07. The Hall–Kier alpha value is -2.22. The molecule has 29 heavy (non-hydrogen) atoms. The molecule has 0 bridgehead atoms. The van der Waals surface area contributed by atoms with Gasteiger partial charge in [-0.25, -0.2) is 9.97 Å². The molecule has 0 radical (unpaired) electrons. The van der Waals surface area contributed by atoms with E-state index in [1.165, 1.54) is 5.56 Å². The summed E-state index contributed by atoms with van der Waals surface area (Å²) in [5.41, 5.74) is 2.32. The van der Waals surface area contributed by atoms with Crippen molar-refractivity contribution in [1.82, 2.24) is 19.8 Å². The van der Waals surface area contributed by atoms with Gasteiger partial charge >= 0.3 is 0 Å². The molecular weight excluding hydrogens is 382 g/mol. The summed E-state index contributed by atoms with van der Waals surface area (Å²) in [4.78, 5) is 15.1. The third-order valence-electron chi connectivity index (χ3n) is 5.81. The number of hydrogen-bond donors (Lipinski definition) is 1. The van der Waals surface area contributed by atoms with Gasteiger partial charge in [0.25, 0.3) is 0 Å². The van der Waals surface area contributed by atoms with E-state index in [4.69, 9.17) is 4.74 Å². The van der Waals surface area contributed by atoms with Crippen LogP contribution < -0.4 is 10.1 Å². The Bertz CT molecular complexity index is 934. The van der Waals surface area contributed by atoms with Crippen LogP contribution in [0.3, 0.4) is 0 Å². The molecule has 1 saturated heterocycles. The molecule has 1 aliphatic heterocycles. The van der Waals surface area contributed by atoms with Crippen LogP contribution in [-0.4, -0.2) is 72.2 Å². The first kappa shape index (κ1) is 20.1. The summed E-state index contributed by atoms with van der Waals surface area (Å²) < 4.78 is 5.29. The van der Waals surface area contributed by atoms with Gasteiger partial charge in [0.15, 0.2) is 0 Å². The Labute approximate surface area is 176 Å². The van der Waals surface area contributed by atoms with E-state index in [1.54, 1.807) is 24.8 Å². The molecule has 7 heteroatoms. The van der Waals surface area contributed by atoms with Gasteiger partial charge in [0.05, 0.1) is 12.5 Å². The summed E-state index contributed by atoms with van der Waals surface area (Å²) in [7, 11) is 1.69. The summed E-state index contributed by atoms with van der Waals surface area (Å²) in [5, 5.41) is 6.87. The van der Waals surface area contributed by atoms with E-state index in [9.17, 15) is 0 Å². The van der Waals surface area contributed by atoms with Gasteiger partial charge in [0.1, 0.15) is 22.7 Å². The van der Waals surface area contributed by atoms with E-state index < -0.39 is 0 Å². The maximum absolute atomic E-state index is 5.29. The number of nitrogens with zero attached hydrogens (tertiary/aromatic N) is 4. The molecule has 6 nitrogen and oxygen atoms in total. The van der Waals surface area contributed by atoms with Crippen molar-refractivity contribution in [3.05, 3.63) is 36.0 Å². The fourth-order valence-electron chi connectivity index (χ4n) is 3.89. The van der Waals surface area contributed by atoms with Crippen LogP contribution in [0.15, 0.2) is 36.0 Å². The van der Waals surface area contributed by atoms with Gasteiger partial charge < -0.3 is 15.0 Å². The molecule has 0 amide bonds. The standard InChI is InChI=1S/C22H29N5OS/c1-4-26-9-11-27(12-10-26)16(2)13-23-21-20-19(14-29-22(20)25-15-24-21)17-5-7-18(28-3)8-6-17/h5-8,14-16H,4,9-13H2,1-3H3,(H,23,24,25). The molecule has 0 aliphatic carbocycles. The number of thiophene rings is 1. The fourth-order valence-corrected chi connectivity index (χ4v) is 4.80. The molecule has 0 spiro atoms. The number of piperazine rings is 1. The number of likely N-dealkylation sites (N-methyl/N-ethyl adjacent to an activating group) is 1. The first-order valence-corrected chi connectivity index (χ1v) is 11.1. The van der Waals surface area contributed by atoms with Crippen LogP contribution in [0.2, 0.25) is 0 Å². The van der Waals surface area contributed by atoms with E-state index in [2.05, 4.69) is 56.4 Å². The lowest BCUT2D eigenvalue weighted by atomic mass is 10.1. The van der Waals surface area contributed by atoms with Gasteiger partial charge in [-0.1, -0.05) is 19.1 Å². The molecule has 3 heterocycles. The summed E-state index contributed by atoms with van der Waals surface area (Å²) in [6, 6.07) is 8.63. The summed E-state index contributed by atoms with van der Waals surface area (Å²) >= 11 is 1.66. The average molecular weight is 412 g/mol. The SMILES string of the molecule is CCN1CCN(C(C)CNc2ncnc3scc(-c4ccc(OC)cc4)c23)CC1. The highest BCUT2D eigenvalue weighted by atomic mass is 32.1. The average Bonchev–Trinajstić information content (AvgIpc) is 3.22. The molecule has 1 aromatic carbocycles. The highest BCUT2D eigenvalue weighted by Crippen LogP contribution is 2.37. The lowest BCUT2D eigenvalue weighted by molar-refractivity contribution is 0.110. The number of ether oxygens (including phenoxy) is 1. The van der Waals surface area contributed by atoms with Gasteiger partial charge in [0, 0.05) is 49.7 Å². The molecule has 1 unspecified atom stereocenters. The number of rotatable bonds is 7. The minimum atomic E-state index is 0.460. The molecule has 0 saturated carbocycles. The molecular formula is C22H29N5OS. The topological polar surface area (TPSA) is 53.5 Å². The summed E-state index contributed by atoms with van der Waals surface area (Å²) in [5.74, 6) is 1.78. The third-order valence-corrected chi connectivity index (χ3v) is 6.70. The fraction of sp³-hybridized carbons (Fsp3) is 0.455. The lowest BCUT2D eigenvalue weighted by Gasteiger charge is -2.37. The van der Waals surface area contributed by atoms with Gasteiger partial charge in [-0.15, -0.1) is 11.3 Å². The Morgan fingerprint density at radius 1 is 1.14 bits per heavy atom. The zero-order valence-corrected chi connectivity index (χ0v) is 18.2. The van der Waals surface area contributed by atoms with Crippen molar-refractivity contribution >= 4 is 27.4 Å². The Morgan fingerprint density at radius 2 is 1.90 bits per heavy atom. The zero-order chi connectivity index (χ0) is 20.2. The van der Waals surface area contributed by atoms with E-state index in [0.717, 1.165) is 66.6 Å². The highest BCUT2D eigenvalue weighted by Gasteiger charge is 2.21. The minimum Gasteiger partial charge on any atom is -0.497 e. The second-order valence-corrected chi connectivity index (χ2v) is 8.34. The van der Waals surface area contributed by atoms with Crippen molar-refractivity contribution in [1.29, 1.82) is 0 Å². The van der Waals surface area contributed by atoms with E-state index >= 15 is 0 Å². The van der Waals surface area contributed by atoms with Gasteiger partial charge in [-0.05, 0) is 31.2 Å². The van der Waals surface area contributed by atoms with Crippen LogP contribution in [0, 0.1) is 0 Å². The molecule has 2 aromatic heterocycles. The predicted octanol–water partition coefficient (Wildman–Crippen LogP) is 3.80. The van der Waals surface area contributed by atoms with Crippen molar-refractivity contribution < 1.29 is 4.74 Å². The van der Waals surface area contributed by atoms with Crippen molar-refractivity contribution in [3.63, 3.8) is 0 Å². The molecule has 154 valence electrons. The van der Waals surface area contributed by atoms with Crippen LogP contribution in [0.5, 0.6) is 5.75 Å². The van der Waals surface area contributed by atoms with Crippen LogP contribution in [0.4, 0.5) is 5.82 Å². The minimum absolute atomic E-state index is 0.460. The zero-order valence-electron chi connectivity index (χ0n) is 17.4. The quantitative estimate of drug-likeness (QED) is 0.638. The van der Waals surface area contributed by atoms with E-state index in [1.807, 2.05) is 12.1 Å². The monoisotopic (exact) mass is 411 g/mol. The maximum Gasteiger partial charge on any atom is 0.138 e. The molecule has 1 fully saturated rings. The summed E-state index contributed by atoms with van der Waals surface area (Å²) in [6.07, 6.45) is 1.66. The normalized spacial score (nSPS) is 16.8. The van der Waals surface area contributed by atoms with Gasteiger partial charge in [-0.3, -0.25) is 4.90 Å². The number of nitrogens with one attached hydrogen (secondary N) is 1. The number of hydrogen-bond acceptors (Lipinski definition) is 7. The largest absolute Gasteiger partial charge is 0.497 e. The predicted molar refractivity (Wildman–Crippen MR) is 121 cm³/mol. The maximum atomic E-state index is 5.29. The van der Waals surface area contributed by atoms with Crippen LogP contribution in [0.25, 0.3) is 21.3 Å². The molecule has 1 aliphatic rings. The van der Waals surface area contributed by atoms with Crippen molar-refractivity contribution in [2.24, 2.45) is 0 Å². The number of benzene rings is 1. The number of fused-ring (bicyclic) bond motifs is 1. The van der Waals surface area contributed by atoms with Gasteiger partial charge in [0.2, 0.25) is 0 Å². The Kier molecular flexibility index (Phi) is 6.28. The van der Waals surface area contributed by atoms with Crippen LogP contribution in [-0.2, 0) is 0 Å². The molecule has 4 rings (SSSR count). The van der Waals surface area contributed by atoms with Crippen molar-refractivity contribution in [3.8, 4) is 16.9 Å². The lowest BCUT2D eigenvalue weighted by Crippen LogP contribution is -2.51. The van der Waals surface area contributed by atoms with E-state index in [0.29, 0.717) is 6.04 Å². The van der Waals surface area contributed by atoms with Crippen molar-refractivity contribution in [2.45, 2.75) is 19.9 Å². The molecule has 1 atom stereocenters. The second-order valence-electron chi connectivity index (χ2n) is 7.48. The van der Waals surface area contributed by atoms with E-state index in [-0.39, 0.29) is 0 Å². The van der Waals surface area contributed by atoms with Gasteiger partial charge in [-0.2, -0.15) is 0 Å². The third kappa shape index (κ3) is 4.37. The Morgan fingerprint density at radius 3 is 2.59 bits per heavy atom. The highest BCUT2D eigenvalue weighted by molar-refractivity contribution is 7.17. The first-order valence-electron chi connectivity index (χ1n) is 10.3. The summed E-state index contributed by atoms with van der Waals surface area (Å²) in [6.45, 7) is 11.1. The van der Waals surface area contributed by atoms with Crippen LogP contribution >= 0.6 is 11.3 Å². The van der Waals surface area contributed by atoms with Crippen molar-refractivity contribution in [2.75, 3.05) is 51.7 Å². The molecule has 1 N–H and O–H groups in total. The van der Waals surface area contributed by atoms with Crippen LogP contribution in [0.1, 0.15) is 13.8 Å². The number of methoxy groups -OCH3 is 1. The Balaban J connectivity index is 1.51. The smallest absolute Gasteiger partial charge is 0.138 e. The number of aromatic nitrogens is 2. The first-order chi connectivity index (χ1) is 14.2. The number of anilines is 1. The molecule has 3 aromatic rings.